The number of rotatable bonds is 4. The van der Waals surface area contributed by atoms with E-state index in [-0.39, 0.29) is 18.0 Å². The maximum Gasteiger partial charge on any atom is 0.282 e. The lowest BCUT2D eigenvalue weighted by molar-refractivity contribution is 0.268. The highest BCUT2D eigenvalue weighted by Gasteiger charge is 2.41. The van der Waals surface area contributed by atoms with Gasteiger partial charge in [-0.25, -0.2) is 0 Å². The van der Waals surface area contributed by atoms with Crippen molar-refractivity contribution in [3.8, 4) is 0 Å². The Balaban J connectivity index is 1.73. The third-order valence-electron chi connectivity index (χ3n) is 5.34. The highest BCUT2D eigenvalue weighted by atomic mass is 32.2. The predicted molar refractivity (Wildman–Crippen MR) is 92.3 cm³/mol. The first kappa shape index (κ1) is 16.9. The summed E-state index contributed by atoms with van der Waals surface area (Å²) in [6.45, 7) is 0.878. The molecule has 3 rings (SSSR count). The van der Waals surface area contributed by atoms with Gasteiger partial charge in [-0.2, -0.15) is 17.0 Å². The van der Waals surface area contributed by atoms with Crippen LogP contribution in [0.2, 0.25) is 0 Å². The molecule has 0 unspecified atom stereocenters. The molecule has 5 nitrogen and oxygen atoms in total. The van der Waals surface area contributed by atoms with Crippen LogP contribution in [0, 0.1) is 0 Å². The first-order chi connectivity index (χ1) is 11.0. The molecule has 0 bridgehead atoms. The van der Waals surface area contributed by atoms with Crippen LogP contribution >= 0.6 is 0 Å². The number of benzene rings is 1. The summed E-state index contributed by atoms with van der Waals surface area (Å²) in [6, 6.07) is 9.99. The summed E-state index contributed by atoms with van der Waals surface area (Å²) < 4.78 is 29.1. The van der Waals surface area contributed by atoms with Crippen molar-refractivity contribution >= 4 is 10.2 Å². The summed E-state index contributed by atoms with van der Waals surface area (Å²) in [5.74, 6) is 0.0748. The van der Waals surface area contributed by atoms with E-state index in [1.165, 1.54) is 6.42 Å². The largest absolute Gasteiger partial charge is 0.326 e. The van der Waals surface area contributed by atoms with Gasteiger partial charge in [0.25, 0.3) is 10.2 Å². The van der Waals surface area contributed by atoms with E-state index in [1.807, 2.05) is 30.3 Å². The van der Waals surface area contributed by atoms with Crippen LogP contribution in [0.1, 0.15) is 43.6 Å². The molecule has 1 aromatic rings. The fourth-order valence-corrected chi connectivity index (χ4v) is 5.51. The van der Waals surface area contributed by atoms with Crippen LogP contribution < -0.4 is 5.73 Å². The molecule has 0 radical (unpaired) electrons. The second kappa shape index (κ2) is 6.89. The normalized spacial score (nSPS) is 27.6. The van der Waals surface area contributed by atoms with Crippen molar-refractivity contribution < 1.29 is 8.42 Å². The minimum Gasteiger partial charge on any atom is -0.326 e. The van der Waals surface area contributed by atoms with Crippen LogP contribution in [0.5, 0.6) is 0 Å². The highest BCUT2D eigenvalue weighted by Crippen LogP contribution is 2.31. The van der Waals surface area contributed by atoms with Crippen molar-refractivity contribution in [2.45, 2.75) is 50.1 Å². The smallest absolute Gasteiger partial charge is 0.282 e. The third kappa shape index (κ3) is 3.45. The van der Waals surface area contributed by atoms with E-state index in [4.69, 9.17) is 5.73 Å². The van der Waals surface area contributed by atoms with Crippen molar-refractivity contribution in [3.05, 3.63) is 35.9 Å². The molecule has 0 amide bonds. The molecule has 1 aliphatic carbocycles. The highest BCUT2D eigenvalue weighted by molar-refractivity contribution is 7.86. The topological polar surface area (TPSA) is 66.6 Å². The van der Waals surface area contributed by atoms with E-state index in [0.29, 0.717) is 13.1 Å². The molecule has 2 fully saturated rings. The fraction of sp³-hybridized carbons (Fsp3) is 0.647. The predicted octanol–water partition coefficient (Wildman–Crippen LogP) is 1.92. The molecular weight excluding hydrogens is 310 g/mol. The maximum atomic E-state index is 13.0. The molecule has 2 aliphatic rings. The molecule has 1 saturated heterocycles. The minimum atomic E-state index is -3.43. The molecule has 1 heterocycles. The molecule has 0 spiro atoms. The van der Waals surface area contributed by atoms with Gasteiger partial charge in [0.1, 0.15) is 0 Å². The van der Waals surface area contributed by atoms with E-state index in [1.54, 1.807) is 15.7 Å². The van der Waals surface area contributed by atoms with Crippen LogP contribution in [-0.2, 0) is 10.2 Å². The number of nitrogens with zero attached hydrogens (tertiary/aromatic N) is 2. The number of hydrogen-bond donors (Lipinski definition) is 1. The summed E-state index contributed by atoms with van der Waals surface area (Å²) >= 11 is 0. The van der Waals surface area contributed by atoms with Crippen LogP contribution in [0.3, 0.4) is 0 Å². The molecule has 6 heteroatoms. The van der Waals surface area contributed by atoms with Crippen LogP contribution in [0.4, 0.5) is 0 Å². The Kier molecular flexibility index (Phi) is 5.06. The molecule has 2 atom stereocenters. The first-order valence-electron chi connectivity index (χ1n) is 8.54. The van der Waals surface area contributed by atoms with Gasteiger partial charge in [0, 0.05) is 38.1 Å². The second-order valence-electron chi connectivity index (χ2n) is 6.81. The molecular formula is C17H27N3O2S. The van der Waals surface area contributed by atoms with Crippen molar-refractivity contribution in [2.24, 2.45) is 5.73 Å². The van der Waals surface area contributed by atoms with Crippen LogP contribution in [0.25, 0.3) is 0 Å². The summed E-state index contributed by atoms with van der Waals surface area (Å²) in [5, 5.41) is 0. The first-order valence-corrected chi connectivity index (χ1v) is 9.93. The zero-order chi connectivity index (χ0) is 16.4. The SMILES string of the molecule is CN(C1CCCCC1)S(=O)(=O)N1C[C@@H](N)[C@H](c2ccccc2)C1. The van der Waals surface area contributed by atoms with Gasteiger partial charge >= 0.3 is 0 Å². The average molecular weight is 337 g/mol. The average Bonchev–Trinajstić information content (AvgIpc) is 2.98. The zero-order valence-corrected chi connectivity index (χ0v) is 14.6. The Bertz CT molecular complexity index is 614. The van der Waals surface area contributed by atoms with E-state index in [0.717, 1.165) is 31.2 Å². The summed E-state index contributed by atoms with van der Waals surface area (Å²) in [4.78, 5) is 0. The fourth-order valence-electron chi connectivity index (χ4n) is 3.85. The second-order valence-corrected chi connectivity index (χ2v) is 8.80. The number of hydrogen-bond acceptors (Lipinski definition) is 3. The Labute approximate surface area is 139 Å². The van der Waals surface area contributed by atoms with E-state index < -0.39 is 10.2 Å². The minimum absolute atomic E-state index is 0.0748. The lowest BCUT2D eigenvalue weighted by Crippen LogP contribution is -2.46. The van der Waals surface area contributed by atoms with Crippen molar-refractivity contribution in [2.75, 3.05) is 20.1 Å². The lowest BCUT2D eigenvalue weighted by Gasteiger charge is -2.33. The lowest BCUT2D eigenvalue weighted by atomic mass is 9.95. The molecule has 0 aromatic heterocycles. The number of nitrogens with two attached hydrogens (primary N) is 1. The zero-order valence-electron chi connectivity index (χ0n) is 13.8. The summed E-state index contributed by atoms with van der Waals surface area (Å²) in [6.07, 6.45) is 5.40. The summed E-state index contributed by atoms with van der Waals surface area (Å²) in [5.41, 5.74) is 7.38. The third-order valence-corrected chi connectivity index (χ3v) is 7.32. The van der Waals surface area contributed by atoms with Gasteiger partial charge in [-0.05, 0) is 18.4 Å². The molecule has 1 aliphatic heterocycles. The monoisotopic (exact) mass is 337 g/mol. The van der Waals surface area contributed by atoms with E-state index in [2.05, 4.69) is 0 Å². The van der Waals surface area contributed by atoms with Crippen molar-refractivity contribution in [1.29, 1.82) is 0 Å². The van der Waals surface area contributed by atoms with Crippen LogP contribution in [-0.4, -0.2) is 49.2 Å². The van der Waals surface area contributed by atoms with Gasteiger partial charge in [0.15, 0.2) is 0 Å². The van der Waals surface area contributed by atoms with E-state index in [9.17, 15) is 8.42 Å². The van der Waals surface area contributed by atoms with Crippen molar-refractivity contribution in [3.63, 3.8) is 0 Å². The molecule has 23 heavy (non-hydrogen) atoms. The molecule has 1 aromatic carbocycles. The Morgan fingerprint density at radius 2 is 1.74 bits per heavy atom. The molecule has 2 N–H and O–H groups in total. The molecule has 128 valence electrons. The standard InChI is InChI=1S/C17H27N3O2S/c1-19(15-10-6-3-7-11-15)23(21,22)20-12-16(17(18)13-20)14-8-4-2-5-9-14/h2,4-5,8-9,15-17H,3,6-7,10-13,18H2,1H3/t16-,17+/m0/s1. The van der Waals surface area contributed by atoms with Gasteiger partial charge in [0.2, 0.25) is 0 Å². The van der Waals surface area contributed by atoms with Crippen molar-refractivity contribution in [1.82, 2.24) is 8.61 Å². The molecule has 1 saturated carbocycles. The Morgan fingerprint density at radius 1 is 1.09 bits per heavy atom. The van der Waals surface area contributed by atoms with E-state index >= 15 is 0 Å². The van der Waals surface area contributed by atoms with Crippen LogP contribution in [0.15, 0.2) is 30.3 Å². The van der Waals surface area contributed by atoms with Gasteiger partial charge in [-0.15, -0.1) is 0 Å². The van der Waals surface area contributed by atoms with Gasteiger partial charge in [0.05, 0.1) is 0 Å². The Morgan fingerprint density at radius 3 is 2.39 bits per heavy atom. The van der Waals surface area contributed by atoms with Gasteiger partial charge < -0.3 is 5.73 Å². The van der Waals surface area contributed by atoms with Gasteiger partial charge in [-0.3, -0.25) is 0 Å². The summed E-state index contributed by atoms with van der Waals surface area (Å²) in [7, 11) is -1.70. The quantitative estimate of drug-likeness (QED) is 0.913. The Hall–Kier alpha value is -0.950. The maximum absolute atomic E-state index is 13.0. The van der Waals surface area contributed by atoms with Gasteiger partial charge in [-0.1, -0.05) is 49.6 Å².